The zero-order chi connectivity index (χ0) is 23.2. The molecule has 1 atom stereocenters. The van der Waals surface area contributed by atoms with E-state index >= 15 is 0 Å². The fourth-order valence-corrected chi connectivity index (χ4v) is 3.90. The molecule has 1 aromatic heterocycles. The number of rotatable bonds is 8. The first-order chi connectivity index (χ1) is 16.0. The van der Waals surface area contributed by atoms with E-state index in [9.17, 15) is 4.79 Å². The van der Waals surface area contributed by atoms with Gasteiger partial charge in [-0.3, -0.25) is 4.79 Å². The Bertz CT molecular complexity index is 1220. The third kappa shape index (κ3) is 5.75. The SMILES string of the molecule is COc1ccc(C(=O)NC(C)c2ccccc2)cc1Oc1nc(Cc2ccc(C)cc2)ns1. The number of aryl methyl sites for hydroxylation is 1. The van der Waals surface area contributed by atoms with E-state index in [1.165, 1.54) is 17.1 Å². The molecule has 168 valence electrons. The van der Waals surface area contributed by atoms with Crippen molar-refractivity contribution in [1.82, 2.24) is 14.7 Å². The minimum atomic E-state index is -0.198. The average molecular weight is 460 g/mol. The summed E-state index contributed by atoms with van der Waals surface area (Å²) in [6, 6.07) is 23.0. The molecule has 1 N–H and O–H groups in total. The standard InChI is InChI=1S/C26H25N3O3S/c1-17-9-11-19(12-10-17)15-24-28-26(33-29-24)32-23-16-21(13-14-22(23)31-3)25(30)27-18(2)20-7-5-4-6-8-20/h4-14,16,18H,15H2,1-3H3,(H,27,30). The van der Waals surface area contributed by atoms with Crippen LogP contribution in [-0.4, -0.2) is 22.4 Å². The van der Waals surface area contributed by atoms with Gasteiger partial charge in [-0.2, -0.15) is 9.36 Å². The van der Waals surface area contributed by atoms with Crippen LogP contribution in [0.15, 0.2) is 72.8 Å². The van der Waals surface area contributed by atoms with Crippen molar-refractivity contribution in [3.63, 3.8) is 0 Å². The fraction of sp³-hybridized carbons (Fsp3) is 0.192. The molecule has 1 heterocycles. The van der Waals surface area contributed by atoms with E-state index < -0.39 is 0 Å². The monoisotopic (exact) mass is 459 g/mol. The first kappa shape index (κ1) is 22.5. The van der Waals surface area contributed by atoms with Crippen LogP contribution in [0.4, 0.5) is 0 Å². The second-order valence-corrected chi connectivity index (χ2v) is 8.43. The number of carbonyl (C=O) groups excluding carboxylic acids is 1. The molecule has 6 nitrogen and oxygen atoms in total. The van der Waals surface area contributed by atoms with Crippen LogP contribution in [-0.2, 0) is 6.42 Å². The van der Waals surface area contributed by atoms with Gasteiger partial charge in [0.15, 0.2) is 17.3 Å². The predicted molar refractivity (Wildman–Crippen MR) is 129 cm³/mol. The number of aromatic nitrogens is 2. The third-order valence-corrected chi connectivity index (χ3v) is 5.84. The third-order valence-electron chi connectivity index (χ3n) is 5.20. The molecule has 0 fully saturated rings. The molecule has 0 aliphatic carbocycles. The van der Waals surface area contributed by atoms with Gasteiger partial charge in [-0.05, 0) is 43.2 Å². The van der Waals surface area contributed by atoms with Gasteiger partial charge < -0.3 is 14.8 Å². The maximum atomic E-state index is 12.8. The molecular formula is C26H25N3O3S. The van der Waals surface area contributed by atoms with Crippen molar-refractivity contribution in [1.29, 1.82) is 0 Å². The highest BCUT2D eigenvalue weighted by atomic mass is 32.1. The molecule has 0 aliphatic heterocycles. The van der Waals surface area contributed by atoms with Crippen molar-refractivity contribution >= 4 is 17.4 Å². The van der Waals surface area contributed by atoms with E-state index in [1.54, 1.807) is 25.3 Å². The second kappa shape index (κ2) is 10.3. The van der Waals surface area contributed by atoms with Gasteiger partial charge in [0.05, 0.1) is 13.2 Å². The van der Waals surface area contributed by atoms with Crippen molar-refractivity contribution in [3.8, 4) is 16.7 Å². The summed E-state index contributed by atoms with van der Waals surface area (Å²) in [5.74, 6) is 1.41. The zero-order valence-electron chi connectivity index (χ0n) is 18.7. The minimum absolute atomic E-state index is 0.127. The molecule has 1 unspecified atom stereocenters. The van der Waals surface area contributed by atoms with Crippen LogP contribution in [0.3, 0.4) is 0 Å². The van der Waals surface area contributed by atoms with Crippen LogP contribution in [0, 0.1) is 6.92 Å². The van der Waals surface area contributed by atoms with Gasteiger partial charge >= 0.3 is 0 Å². The lowest BCUT2D eigenvalue weighted by molar-refractivity contribution is 0.0939. The summed E-state index contributed by atoms with van der Waals surface area (Å²) in [5.41, 5.74) is 3.85. The Morgan fingerprint density at radius 1 is 1.03 bits per heavy atom. The maximum Gasteiger partial charge on any atom is 0.298 e. The summed E-state index contributed by atoms with van der Waals surface area (Å²) in [7, 11) is 1.56. The molecule has 7 heteroatoms. The van der Waals surface area contributed by atoms with E-state index in [0.29, 0.717) is 34.5 Å². The lowest BCUT2D eigenvalue weighted by atomic mass is 10.1. The molecule has 4 aromatic rings. The summed E-state index contributed by atoms with van der Waals surface area (Å²) in [5, 5.41) is 3.41. The smallest absolute Gasteiger partial charge is 0.298 e. The molecule has 0 saturated heterocycles. The van der Waals surface area contributed by atoms with Crippen LogP contribution in [0.2, 0.25) is 0 Å². The highest BCUT2D eigenvalue weighted by Crippen LogP contribution is 2.33. The van der Waals surface area contributed by atoms with Gasteiger partial charge in [0.1, 0.15) is 0 Å². The van der Waals surface area contributed by atoms with Crippen molar-refractivity contribution in [2.75, 3.05) is 7.11 Å². The molecular weight excluding hydrogens is 434 g/mol. The molecule has 0 bridgehead atoms. The van der Waals surface area contributed by atoms with Gasteiger partial charge in [-0.1, -0.05) is 60.2 Å². The molecule has 3 aromatic carbocycles. The first-order valence-corrected chi connectivity index (χ1v) is 11.4. The molecule has 0 saturated carbocycles. The zero-order valence-corrected chi connectivity index (χ0v) is 19.6. The molecule has 4 rings (SSSR count). The molecule has 0 spiro atoms. The van der Waals surface area contributed by atoms with E-state index in [4.69, 9.17) is 9.47 Å². The van der Waals surface area contributed by atoms with E-state index in [2.05, 4.69) is 45.9 Å². The molecule has 0 radical (unpaired) electrons. The summed E-state index contributed by atoms with van der Waals surface area (Å²) in [6.45, 7) is 4.01. The van der Waals surface area contributed by atoms with Gasteiger partial charge in [0, 0.05) is 23.5 Å². The first-order valence-electron chi connectivity index (χ1n) is 10.6. The highest BCUT2D eigenvalue weighted by Gasteiger charge is 2.16. The number of methoxy groups -OCH3 is 1. The number of ether oxygens (including phenoxy) is 2. The van der Waals surface area contributed by atoms with Gasteiger partial charge in [-0.25, -0.2) is 0 Å². The second-order valence-electron chi connectivity index (χ2n) is 7.71. The maximum absolute atomic E-state index is 12.8. The van der Waals surface area contributed by atoms with Crippen LogP contribution >= 0.6 is 11.5 Å². The van der Waals surface area contributed by atoms with Crippen LogP contribution < -0.4 is 14.8 Å². The van der Waals surface area contributed by atoms with E-state index in [-0.39, 0.29) is 11.9 Å². The summed E-state index contributed by atoms with van der Waals surface area (Å²) < 4.78 is 15.8. The predicted octanol–water partition coefficient (Wildman–Crippen LogP) is 5.73. The van der Waals surface area contributed by atoms with Crippen molar-refractivity contribution < 1.29 is 14.3 Å². The van der Waals surface area contributed by atoms with Crippen LogP contribution in [0.5, 0.6) is 16.7 Å². The largest absolute Gasteiger partial charge is 0.493 e. The number of nitrogens with zero attached hydrogens (tertiary/aromatic N) is 2. The van der Waals surface area contributed by atoms with Crippen molar-refractivity contribution in [2.45, 2.75) is 26.3 Å². The molecule has 0 aliphatic rings. The summed E-state index contributed by atoms with van der Waals surface area (Å²) in [4.78, 5) is 17.3. The number of carbonyl (C=O) groups is 1. The Balaban J connectivity index is 1.47. The Morgan fingerprint density at radius 3 is 2.52 bits per heavy atom. The summed E-state index contributed by atoms with van der Waals surface area (Å²) in [6.07, 6.45) is 0.622. The van der Waals surface area contributed by atoms with Crippen LogP contribution in [0.1, 0.15) is 45.8 Å². The molecule has 33 heavy (non-hydrogen) atoms. The van der Waals surface area contributed by atoms with E-state index in [0.717, 1.165) is 11.1 Å². The van der Waals surface area contributed by atoms with E-state index in [1.807, 2.05) is 37.3 Å². The lowest BCUT2D eigenvalue weighted by Crippen LogP contribution is -2.26. The Kier molecular flexibility index (Phi) is 7.00. The number of benzene rings is 3. The number of hydrogen-bond donors (Lipinski definition) is 1. The van der Waals surface area contributed by atoms with Gasteiger partial charge in [-0.15, -0.1) is 0 Å². The van der Waals surface area contributed by atoms with Gasteiger partial charge in [0.2, 0.25) is 0 Å². The van der Waals surface area contributed by atoms with Crippen molar-refractivity contribution in [3.05, 3.63) is 101 Å². The Labute approximate surface area is 197 Å². The number of hydrogen-bond acceptors (Lipinski definition) is 6. The Morgan fingerprint density at radius 2 is 1.79 bits per heavy atom. The van der Waals surface area contributed by atoms with Crippen molar-refractivity contribution in [2.24, 2.45) is 0 Å². The minimum Gasteiger partial charge on any atom is -0.493 e. The summed E-state index contributed by atoms with van der Waals surface area (Å²) >= 11 is 1.17. The number of nitrogens with one attached hydrogen (secondary N) is 1. The Hall–Kier alpha value is -3.71. The van der Waals surface area contributed by atoms with Gasteiger partial charge in [0.25, 0.3) is 11.1 Å². The van der Waals surface area contributed by atoms with Crippen LogP contribution in [0.25, 0.3) is 0 Å². The quantitative estimate of drug-likeness (QED) is 0.364. The topological polar surface area (TPSA) is 73.3 Å². The highest BCUT2D eigenvalue weighted by molar-refractivity contribution is 7.07. The number of amides is 1. The average Bonchev–Trinajstić information content (AvgIpc) is 3.27. The fourth-order valence-electron chi connectivity index (χ4n) is 3.34. The lowest BCUT2D eigenvalue weighted by Gasteiger charge is -2.15. The normalized spacial score (nSPS) is 11.6. The molecule has 1 amide bonds.